The normalized spacial score (nSPS) is 12.9. The Kier molecular flexibility index (Phi) is 12.6. The van der Waals surface area contributed by atoms with E-state index in [1.807, 2.05) is 52.8 Å². The van der Waals surface area contributed by atoms with Crippen LogP contribution in [0.3, 0.4) is 0 Å². The van der Waals surface area contributed by atoms with Crippen molar-refractivity contribution in [1.29, 1.82) is 0 Å². The van der Waals surface area contributed by atoms with Gasteiger partial charge in [0.1, 0.15) is 24.2 Å². The Labute approximate surface area is 221 Å². The maximum atomic E-state index is 14.1. The molecular weight excluding hydrogens is 474 g/mol. The highest BCUT2D eigenvalue weighted by Crippen LogP contribution is 2.29. The molecule has 208 valence electrons. The molecule has 2 N–H and O–H groups in total. The van der Waals surface area contributed by atoms with Gasteiger partial charge < -0.3 is 25.0 Å². The lowest BCUT2D eigenvalue weighted by atomic mass is 9.92. The van der Waals surface area contributed by atoms with E-state index in [1.165, 1.54) is 12.0 Å². The van der Waals surface area contributed by atoms with Gasteiger partial charge in [0.15, 0.2) is 0 Å². The molecule has 0 saturated carbocycles. The molecule has 0 aliphatic heterocycles. The molecule has 0 saturated heterocycles. The van der Waals surface area contributed by atoms with E-state index in [0.717, 1.165) is 17.5 Å². The van der Waals surface area contributed by atoms with E-state index in [2.05, 4.69) is 15.4 Å². The second kappa shape index (κ2) is 14.6. The van der Waals surface area contributed by atoms with Crippen LogP contribution in [-0.4, -0.2) is 60.6 Å². The van der Waals surface area contributed by atoms with Gasteiger partial charge >= 0.3 is 12.1 Å². The van der Waals surface area contributed by atoms with Crippen LogP contribution in [0.1, 0.15) is 83.5 Å². The summed E-state index contributed by atoms with van der Waals surface area (Å²) in [6.07, 6.45) is 1.12. The largest absolute Gasteiger partial charge is 0.468 e. The third-order valence-electron chi connectivity index (χ3n) is 5.74. The Hall–Kier alpha value is -3.10. The molecule has 37 heavy (non-hydrogen) atoms. The molecule has 0 aliphatic carbocycles. The lowest BCUT2D eigenvalue weighted by Gasteiger charge is -2.36. The molecule has 3 amide bonds. The van der Waals surface area contributed by atoms with E-state index >= 15 is 0 Å². The van der Waals surface area contributed by atoms with Crippen molar-refractivity contribution >= 4 is 23.9 Å². The minimum atomic E-state index is -1.000. The first-order valence-corrected chi connectivity index (χ1v) is 12.9. The molecule has 0 fully saturated rings. The predicted octanol–water partition coefficient (Wildman–Crippen LogP) is 4.20. The highest BCUT2D eigenvalue weighted by atomic mass is 16.6. The SMILES string of the molecule is CCCCN(C(=O)C(CC(C)C)NC(=O)OC(C)(C)C)C(C(=O)NCC(=O)OC)c1c(C)cccc1C. The Morgan fingerprint density at radius 3 is 2.14 bits per heavy atom. The van der Waals surface area contributed by atoms with Gasteiger partial charge in [-0.15, -0.1) is 0 Å². The minimum absolute atomic E-state index is 0.0868. The van der Waals surface area contributed by atoms with Crippen LogP contribution in [-0.2, 0) is 23.9 Å². The van der Waals surface area contributed by atoms with Gasteiger partial charge in [0.25, 0.3) is 0 Å². The summed E-state index contributed by atoms with van der Waals surface area (Å²) in [5.74, 6) is -1.38. The van der Waals surface area contributed by atoms with Gasteiger partial charge in [-0.3, -0.25) is 14.4 Å². The fraction of sp³-hybridized carbons (Fsp3) is 0.643. The molecule has 0 aromatic heterocycles. The van der Waals surface area contributed by atoms with Crippen LogP contribution in [0.5, 0.6) is 0 Å². The van der Waals surface area contributed by atoms with Gasteiger partial charge in [-0.05, 0) is 70.1 Å². The third kappa shape index (κ3) is 10.4. The number of rotatable bonds is 12. The monoisotopic (exact) mass is 519 g/mol. The van der Waals surface area contributed by atoms with Crippen LogP contribution in [0.25, 0.3) is 0 Å². The summed E-state index contributed by atoms with van der Waals surface area (Å²) in [7, 11) is 1.24. The van der Waals surface area contributed by atoms with E-state index in [4.69, 9.17) is 4.74 Å². The van der Waals surface area contributed by atoms with Crippen molar-refractivity contribution in [2.75, 3.05) is 20.2 Å². The number of esters is 1. The third-order valence-corrected chi connectivity index (χ3v) is 5.74. The molecule has 0 radical (unpaired) electrons. The molecular formula is C28H45N3O6. The second-order valence-electron chi connectivity index (χ2n) is 10.7. The number of nitrogens with zero attached hydrogens (tertiary/aromatic N) is 1. The summed E-state index contributed by atoms with van der Waals surface area (Å²) in [5, 5.41) is 5.37. The van der Waals surface area contributed by atoms with Crippen molar-refractivity contribution in [2.24, 2.45) is 5.92 Å². The van der Waals surface area contributed by atoms with E-state index in [0.29, 0.717) is 24.9 Å². The number of alkyl carbamates (subject to hydrolysis) is 1. The van der Waals surface area contributed by atoms with Gasteiger partial charge in [0.2, 0.25) is 11.8 Å². The summed E-state index contributed by atoms with van der Waals surface area (Å²) in [6, 6.07) is 3.76. The molecule has 9 heteroatoms. The van der Waals surface area contributed by atoms with Crippen molar-refractivity contribution in [3.63, 3.8) is 0 Å². The molecule has 1 aromatic carbocycles. The number of amides is 3. The Morgan fingerprint density at radius 1 is 1.05 bits per heavy atom. The average molecular weight is 520 g/mol. The first-order chi connectivity index (χ1) is 17.2. The van der Waals surface area contributed by atoms with Crippen molar-refractivity contribution in [1.82, 2.24) is 15.5 Å². The molecule has 0 bridgehead atoms. The van der Waals surface area contributed by atoms with Crippen LogP contribution in [0.4, 0.5) is 4.79 Å². The zero-order valence-corrected chi connectivity index (χ0v) is 23.9. The number of benzene rings is 1. The van der Waals surface area contributed by atoms with Gasteiger partial charge in [0.05, 0.1) is 7.11 Å². The number of unbranched alkanes of at least 4 members (excludes halogenated alkanes) is 1. The lowest BCUT2D eigenvalue weighted by Crippen LogP contribution is -2.54. The summed E-state index contributed by atoms with van der Waals surface area (Å²) in [5.41, 5.74) is 1.64. The van der Waals surface area contributed by atoms with Crippen molar-refractivity contribution in [2.45, 2.75) is 92.3 Å². The molecule has 9 nitrogen and oxygen atoms in total. The number of carbonyl (C=O) groups excluding carboxylic acids is 4. The van der Waals surface area contributed by atoms with Crippen molar-refractivity contribution in [3.8, 4) is 0 Å². The van der Waals surface area contributed by atoms with Crippen LogP contribution in [0.15, 0.2) is 18.2 Å². The number of ether oxygens (including phenoxy) is 2. The van der Waals surface area contributed by atoms with Gasteiger partial charge in [-0.25, -0.2) is 4.79 Å². The summed E-state index contributed by atoms with van der Waals surface area (Å²) < 4.78 is 10.1. The van der Waals surface area contributed by atoms with E-state index in [9.17, 15) is 19.2 Å². The standard InChI is InChI=1S/C28H45N3O6/c1-10-11-15-31(26(34)21(16-18(2)3)30-27(35)37-28(6,7)8)24(25(33)29-17-22(32)36-9)23-19(4)13-12-14-20(23)5/h12-14,18,21,24H,10-11,15-17H2,1-9H3,(H,29,33)(H,30,35). The fourth-order valence-electron chi connectivity index (χ4n) is 4.05. The lowest BCUT2D eigenvalue weighted by molar-refractivity contribution is -0.145. The quantitative estimate of drug-likeness (QED) is 0.400. The van der Waals surface area contributed by atoms with Crippen molar-refractivity contribution in [3.05, 3.63) is 34.9 Å². The first-order valence-electron chi connectivity index (χ1n) is 12.9. The fourth-order valence-corrected chi connectivity index (χ4v) is 4.05. The van der Waals surface area contributed by atoms with Crippen LogP contribution in [0.2, 0.25) is 0 Å². The zero-order chi connectivity index (χ0) is 28.3. The Balaban J connectivity index is 3.56. The molecule has 0 heterocycles. The van der Waals surface area contributed by atoms with Gasteiger partial charge in [-0.2, -0.15) is 0 Å². The number of methoxy groups -OCH3 is 1. The Bertz CT molecular complexity index is 918. The molecule has 2 unspecified atom stereocenters. The Morgan fingerprint density at radius 2 is 1.65 bits per heavy atom. The van der Waals surface area contributed by atoms with Crippen LogP contribution in [0, 0.1) is 19.8 Å². The molecule has 1 rings (SSSR count). The summed E-state index contributed by atoms with van der Waals surface area (Å²) in [4.78, 5) is 53.7. The molecule has 1 aromatic rings. The summed E-state index contributed by atoms with van der Waals surface area (Å²) in [6.45, 7) is 14.9. The number of hydrogen-bond acceptors (Lipinski definition) is 6. The van der Waals surface area contributed by atoms with Crippen molar-refractivity contribution < 1.29 is 28.7 Å². The maximum absolute atomic E-state index is 14.1. The van der Waals surface area contributed by atoms with Crippen LogP contribution < -0.4 is 10.6 Å². The highest BCUT2D eigenvalue weighted by Gasteiger charge is 2.37. The first kappa shape index (κ1) is 31.9. The summed E-state index contributed by atoms with van der Waals surface area (Å²) >= 11 is 0. The highest BCUT2D eigenvalue weighted by molar-refractivity contribution is 5.93. The van der Waals surface area contributed by atoms with Gasteiger partial charge in [0, 0.05) is 6.54 Å². The van der Waals surface area contributed by atoms with E-state index < -0.39 is 35.7 Å². The van der Waals surface area contributed by atoms with Gasteiger partial charge in [-0.1, -0.05) is 45.4 Å². The molecule has 0 aliphatic rings. The number of carbonyl (C=O) groups is 4. The number of aryl methyl sites for hydroxylation is 2. The molecule has 0 spiro atoms. The number of nitrogens with one attached hydrogen (secondary N) is 2. The van der Waals surface area contributed by atoms with E-state index in [1.54, 1.807) is 20.8 Å². The van der Waals surface area contributed by atoms with E-state index in [-0.39, 0.29) is 18.4 Å². The topological polar surface area (TPSA) is 114 Å². The number of hydrogen-bond donors (Lipinski definition) is 2. The average Bonchev–Trinajstić information content (AvgIpc) is 2.78. The second-order valence-corrected chi connectivity index (χ2v) is 10.7. The molecule has 2 atom stereocenters. The predicted molar refractivity (Wildman–Crippen MR) is 143 cm³/mol. The minimum Gasteiger partial charge on any atom is -0.468 e. The smallest absolute Gasteiger partial charge is 0.408 e. The maximum Gasteiger partial charge on any atom is 0.408 e. The van der Waals surface area contributed by atoms with Crippen LogP contribution >= 0.6 is 0 Å². The zero-order valence-electron chi connectivity index (χ0n) is 23.9.